The van der Waals surface area contributed by atoms with Crippen LogP contribution < -0.4 is 10.9 Å². The molecule has 0 heterocycles. The number of hydrogen-bond donors (Lipinski definition) is 2. The monoisotopic (exact) mass is 330 g/mol. The molecule has 1 amide bonds. The van der Waals surface area contributed by atoms with E-state index in [0.29, 0.717) is 6.61 Å². The lowest BCUT2D eigenvalue weighted by Crippen LogP contribution is -2.31. The van der Waals surface area contributed by atoms with Crippen LogP contribution in [0.3, 0.4) is 0 Å². The van der Waals surface area contributed by atoms with Crippen LogP contribution in [0.2, 0.25) is 0 Å². The van der Waals surface area contributed by atoms with Crippen LogP contribution in [0, 0.1) is 0 Å². The molecule has 124 valence electrons. The molecule has 3 aromatic rings. The second-order valence-corrected chi connectivity index (χ2v) is 5.94. The van der Waals surface area contributed by atoms with Crippen molar-refractivity contribution in [3.05, 3.63) is 90.0 Å². The molecule has 0 aromatic heterocycles. The third-order valence-electron chi connectivity index (χ3n) is 4.43. The smallest absolute Gasteiger partial charge is 0.425 e. The van der Waals surface area contributed by atoms with Crippen LogP contribution in [0.25, 0.3) is 11.1 Å². The van der Waals surface area contributed by atoms with Crippen LogP contribution >= 0.6 is 0 Å². The summed E-state index contributed by atoms with van der Waals surface area (Å²) < 4.78 is 5.45. The lowest BCUT2D eigenvalue weighted by Gasteiger charge is -2.15. The number of hydrogen-bond acceptors (Lipinski definition) is 3. The van der Waals surface area contributed by atoms with Gasteiger partial charge in [-0.3, -0.25) is 5.43 Å². The number of fused-ring (bicyclic) bond motifs is 3. The molecule has 4 heteroatoms. The fourth-order valence-electron chi connectivity index (χ4n) is 3.28. The molecule has 4 rings (SSSR count). The van der Waals surface area contributed by atoms with E-state index in [1.807, 2.05) is 54.6 Å². The van der Waals surface area contributed by atoms with E-state index in [1.165, 1.54) is 22.3 Å². The van der Waals surface area contributed by atoms with Crippen LogP contribution in [-0.4, -0.2) is 12.7 Å². The maximum absolute atomic E-state index is 12.0. The number of rotatable bonds is 4. The Morgan fingerprint density at radius 2 is 1.36 bits per heavy atom. The van der Waals surface area contributed by atoms with Crippen LogP contribution in [0.5, 0.6) is 0 Å². The standard InChI is InChI=1S/C21H18N2O2/c24-21(23-22-15-8-2-1-3-9-15)25-14-20-18-12-6-4-10-16(18)17-11-5-7-13-19(17)20/h1-13,20,22H,14H2,(H,23,24). The van der Waals surface area contributed by atoms with Gasteiger partial charge in [0, 0.05) is 5.92 Å². The van der Waals surface area contributed by atoms with Crippen molar-refractivity contribution in [1.29, 1.82) is 0 Å². The molecule has 0 bridgehead atoms. The van der Waals surface area contributed by atoms with Crippen LogP contribution in [0.15, 0.2) is 78.9 Å². The van der Waals surface area contributed by atoms with Gasteiger partial charge in [0.25, 0.3) is 0 Å². The maximum atomic E-state index is 12.0. The fraction of sp³-hybridized carbons (Fsp3) is 0.0952. The Balaban J connectivity index is 1.43. The molecule has 2 N–H and O–H groups in total. The zero-order valence-corrected chi connectivity index (χ0v) is 13.6. The van der Waals surface area contributed by atoms with E-state index in [1.54, 1.807) is 0 Å². The first-order valence-electron chi connectivity index (χ1n) is 8.25. The highest BCUT2D eigenvalue weighted by Crippen LogP contribution is 2.44. The Hall–Kier alpha value is -3.27. The van der Waals surface area contributed by atoms with Crippen LogP contribution in [0.4, 0.5) is 10.5 Å². The molecule has 1 aliphatic carbocycles. The van der Waals surface area contributed by atoms with Crippen molar-refractivity contribution in [2.45, 2.75) is 5.92 Å². The second-order valence-electron chi connectivity index (χ2n) is 5.94. The first-order chi connectivity index (χ1) is 12.3. The number of carbonyl (C=O) groups excluding carboxylic acids is 1. The number of benzene rings is 3. The molecule has 0 aliphatic heterocycles. The van der Waals surface area contributed by atoms with E-state index in [-0.39, 0.29) is 5.92 Å². The average Bonchev–Trinajstić information content (AvgIpc) is 2.99. The summed E-state index contributed by atoms with van der Waals surface area (Å²) in [5, 5.41) is 0. The number of para-hydroxylation sites is 1. The van der Waals surface area contributed by atoms with Crippen molar-refractivity contribution in [2.24, 2.45) is 0 Å². The van der Waals surface area contributed by atoms with Crippen molar-refractivity contribution in [3.8, 4) is 11.1 Å². The van der Waals surface area contributed by atoms with Crippen molar-refractivity contribution in [1.82, 2.24) is 5.43 Å². The van der Waals surface area contributed by atoms with E-state index in [0.717, 1.165) is 5.69 Å². The van der Waals surface area contributed by atoms with Gasteiger partial charge in [0.2, 0.25) is 0 Å². The van der Waals surface area contributed by atoms with Gasteiger partial charge in [-0.2, -0.15) is 0 Å². The van der Waals surface area contributed by atoms with Gasteiger partial charge in [-0.05, 0) is 34.4 Å². The Morgan fingerprint density at radius 1 is 0.800 bits per heavy atom. The molecule has 0 saturated heterocycles. The maximum Gasteiger partial charge on any atom is 0.425 e. The van der Waals surface area contributed by atoms with E-state index < -0.39 is 6.09 Å². The van der Waals surface area contributed by atoms with Crippen molar-refractivity contribution < 1.29 is 9.53 Å². The third kappa shape index (κ3) is 3.06. The molecule has 25 heavy (non-hydrogen) atoms. The summed E-state index contributed by atoms with van der Waals surface area (Å²) >= 11 is 0. The number of carbonyl (C=O) groups is 1. The summed E-state index contributed by atoms with van der Waals surface area (Å²) in [5.41, 5.74) is 11.0. The molecule has 0 atom stereocenters. The molecule has 0 fully saturated rings. The van der Waals surface area contributed by atoms with Gasteiger partial charge in [0.15, 0.2) is 0 Å². The number of anilines is 1. The lowest BCUT2D eigenvalue weighted by atomic mass is 9.98. The number of nitrogens with one attached hydrogen (secondary N) is 2. The molecule has 0 unspecified atom stereocenters. The van der Waals surface area contributed by atoms with Gasteiger partial charge in [0.05, 0.1) is 5.69 Å². The second kappa shape index (κ2) is 6.69. The first-order valence-corrected chi connectivity index (χ1v) is 8.25. The Morgan fingerprint density at radius 3 is 2.00 bits per heavy atom. The van der Waals surface area contributed by atoms with Crippen molar-refractivity contribution >= 4 is 11.8 Å². The van der Waals surface area contributed by atoms with Gasteiger partial charge in [0.1, 0.15) is 6.61 Å². The highest BCUT2D eigenvalue weighted by Gasteiger charge is 2.28. The molecule has 0 radical (unpaired) electrons. The topological polar surface area (TPSA) is 50.4 Å². The van der Waals surface area contributed by atoms with E-state index in [9.17, 15) is 4.79 Å². The highest BCUT2D eigenvalue weighted by molar-refractivity contribution is 5.79. The number of hydrazine groups is 1. The molecular weight excluding hydrogens is 312 g/mol. The molecule has 1 aliphatic rings. The first kappa shape index (κ1) is 15.3. The molecule has 3 aromatic carbocycles. The summed E-state index contributed by atoms with van der Waals surface area (Å²) in [7, 11) is 0. The van der Waals surface area contributed by atoms with Gasteiger partial charge in [-0.1, -0.05) is 66.7 Å². The largest absolute Gasteiger partial charge is 0.447 e. The van der Waals surface area contributed by atoms with Crippen LogP contribution in [0.1, 0.15) is 17.0 Å². The van der Waals surface area contributed by atoms with Crippen molar-refractivity contribution in [3.63, 3.8) is 0 Å². The summed E-state index contributed by atoms with van der Waals surface area (Å²) in [6.45, 7) is 0.302. The predicted molar refractivity (Wildman–Crippen MR) is 98.3 cm³/mol. The van der Waals surface area contributed by atoms with Crippen molar-refractivity contribution in [2.75, 3.05) is 12.0 Å². The molecular formula is C21H18N2O2. The fourth-order valence-corrected chi connectivity index (χ4v) is 3.28. The van der Waals surface area contributed by atoms with Crippen LogP contribution in [-0.2, 0) is 4.74 Å². The van der Waals surface area contributed by atoms with Gasteiger partial charge in [-0.15, -0.1) is 0 Å². The number of ether oxygens (including phenoxy) is 1. The average molecular weight is 330 g/mol. The SMILES string of the molecule is O=C(NNc1ccccc1)OCC1c2ccccc2-c2ccccc21. The quantitative estimate of drug-likeness (QED) is 0.690. The summed E-state index contributed by atoms with van der Waals surface area (Å²) in [5.74, 6) is 0.0647. The minimum absolute atomic E-state index is 0.0647. The zero-order chi connectivity index (χ0) is 17.1. The number of amides is 1. The molecule has 0 saturated carbocycles. The summed E-state index contributed by atoms with van der Waals surface area (Å²) in [6.07, 6.45) is -0.495. The Kier molecular flexibility index (Phi) is 4.09. The molecule has 4 nitrogen and oxygen atoms in total. The summed E-state index contributed by atoms with van der Waals surface area (Å²) in [6, 6.07) is 26.0. The van der Waals surface area contributed by atoms with Gasteiger partial charge < -0.3 is 4.74 Å². The highest BCUT2D eigenvalue weighted by atomic mass is 16.6. The van der Waals surface area contributed by atoms with E-state index in [2.05, 4.69) is 35.1 Å². The zero-order valence-electron chi connectivity index (χ0n) is 13.6. The predicted octanol–water partition coefficient (Wildman–Crippen LogP) is 4.55. The molecule has 0 spiro atoms. The van der Waals surface area contributed by atoms with E-state index >= 15 is 0 Å². The van der Waals surface area contributed by atoms with Gasteiger partial charge >= 0.3 is 6.09 Å². The third-order valence-corrected chi connectivity index (χ3v) is 4.43. The minimum Gasteiger partial charge on any atom is -0.447 e. The normalized spacial score (nSPS) is 12.2. The van der Waals surface area contributed by atoms with E-state index in [4.69, 9.17) is 4.74 Å². The summed E-state index contributed by atoms with van der Waals surface area (Å²) in [4.78, 5) is 12.0. The lowest BCUT2D eigenvalue weighted by molar-refractivity contribution is 0.145. The Labute approximate surface area is 146 Å². The Bertz CT molecular complexity index is 848. The van der Waals surface area contributed by atoms with Gasteiger partial charge in [-0.25, -0.2) is 10.2 Å². The minimum atomic E-state index is -0.495.